The van der Waals surface area contributed by atoms with E-state index < -0.39 is 0 Å². The third-order valence-corrected chi connectivity index (χ3v) is 3.18. The van der Waals surface area contributed by atoms with Crippen molar-refractivity contribution in [2.75, 3.05) is 27.4 Å². The Morgan fingerprint density at radius 3 is 2.50 bits per heavy atom. The van der Waals surface area contributed by atoms with Crippen LogP contribution in [0, 0.1) is 11.3 Å². The van der Waals surface area contributed by atoms with Crippen LogP contribution < -0.4 is 0 Å². The minimum Gasteiger partial charge on any atom is -0.497 e. The Bertz CT molecular complexity index is 290. The fourth-order valence-electron chi connectivity index (χ4n) is 1.70. The predicted molar refractivity (Wildman–Crippen MR) is 63.9 cm³/mol. The van der Waals surface area contributed by atoms with E-state index in [1.165, 1.54) is 0 Å². The van der Waals surface area contributed by atoms with Gasteiger partial charge in [-0.1, -0.05) is 26.8 Å². The fourth-order valence-corrected chi connectivity index (χ4v) is 1.70. The van der Waals surface area contributed by atoms with Gasteiger partial charge in [0.05, 0.1) is 13.7 Å². The minimum atomic E-state index is 0.111. The fraction of sp³-hybridized carbons (Fsp3) is 0.692. The summed E-state index contributed by atoms with van der Waals surface area (Å²) in [5.74, 6) is 2.06. The molecule has 0 N–H and O–H groups in total. The van der Waals surface area contributed by atoms with Crippen molar-refractivity contribution in [1.29, 1.82) is 0 Å². The Morgan fingerprint density at radius 2 is 1.94 bits per heavy atom. The van der Waals surface area contributed by atoms with Crippen LogP contribution in [-0.2, 0) is 14.2 Å². The maximum absolute atomic E-state index is 5.63. The maximum Gasteiger partial charge on any atom is 0.156 e. The molecule has 0 aromatic carbocycles. The molecule has 1 rings (SSSR count). The van der Waals surface area contributed by atoms with Crippen LogP contribution in [0.4, 0.5) is 0 Å². The number of methoxy groups -OCH3 is 2. The molecular weight excluding hydrogens is 204 g/mol. The van der Waals surface area contributed by atoms with Crippen LogP contribution in [0.5, 0.6) is 0 Å². The van der Waals surface area contributed by atoms with Crippen LogP contribution in [0.2, 0.25) is 0 Å². The van der Waals surface area contributed by atoms with Gasteiger partial charge in [-0.2, -0.15) is 0 Å². The third kappa shape index (κ3) is 2.79. The lowest BCUT2D eigenvalue weighted by Gasteiger charge is -2.33. The van der Waals surface area contributed by atoms with E-state index in [1.54, 1.807) is 14.2 Å². The van der Waals surface area contributed by atoms with E-state index in [4.69, 9.17) is 14.2 Å². The van der Waals surface area contributed by atoms with Crippen molar-refractivity contribution in [3.8, 4) is 0 Å². The van der Waals surface area contributed by atoms with E-state index in [-0.39, 0.29) is 5.41 Å². The lowest BCUT2D eigenvalue weighted by molar-refractivity contribution is 0.0927. The molecule has 1 aliphatic carbocycles. The van der Waals surface area contributed by atoms with Crippen molar-refractivity contribution >= 4 is 0 Å². The summed E-state index contributed by atoms with van der Waals surface area (Å²) >= 11 is 0. The summed E-state index contributed by atoms with van der Waals surface area (Å²) in [4.78, 5) is 0. The average molecular weight is 226 g/mol. The Hall–Kier alpha value is -0.960. The van der Waals surface area contributed by atoms with Gasteiger partial charge in [-0.3, -0.25) is 0 Å². The molecule has 0 fully saturated rings. The van der Waals surface area contributed by atoms with Crippen LogP contribution in [0.25, 0.3) is 0 Å². The molecule has 3 nitrogen and oxygen atoms in total. The quantitative estimate of drug-likeness (QED) is 0.675. The molecule has 92 valence electrons. The average Bonchev–Trinajstić information content (AvgIpc) is 2.24. The number of hydrogen-bond acceptors (Lipinski definition) is 3. The zero-order valence-corrected chi connectivity index (χ0v) is 10.9. The molecule has 0 aliphatic heterocycles. The SMILES string of the molecule is COCCOC1=C(OC)C(C)C(C)(C)C=C1. The summed E-state index contributed by atoms with van der Waals surface area (Å²) in [5.41, 5.74) is 0.111. The highest BCUT2D eigenvalue weighted by Gasteiger charge is 2.32. The van der Waals surface area contributed by atoms with E-state index in [9.17, 15) is 0 Å². The van der Waals surface area contributed by atoms with Crippen molar-refractivity contribution in [3.63, 3.8) is 0 Å². The van der Waals surface area contributed by atoms with Crippen LogP contribution >= 0.6 is 0 Å². The van der Waals surface area contributed by atoms with Gasteiger partial charge >= 0.3 is 0 Å². The Morgan fingerprint density at radius 1 is 1.25 bits per heavy atom. The second-order valence-electron chi connectivity index (χ2n) is 4.65. The van der Waals surface area contributed by atoms with Gasteiger partial charge in [0.1, 0.15) is 12.4 Å². The molecule has 0 saturated carbocycles. The van der Waals surface area contributed by atoms with Crippen molar-refractivity contribution in [2.24, 2.45) is 11.3 Å². The largest absolute Gasteiger partial charge is 0.497 e. The summed E-state index contributed by atoms with van der Waals surface area (Å²) in [6.45, 7) is 7.68. The molecule has 0 radical (unpaired) electrons. The van der Waals surface area contributed by atoms with E-state index in [2.05, 4.69) is 26.8 Å². The molecule has 0 aromatic rings. The molecular formula is C13H22O3. The second kappa shape index (κ2) is 5.39. The molecule has 0 aromatic heterocycles. The first kappa shape index (κ1) is 13.1. The molecule has 3 heteroatoms. The first-order valence-corrected chi connectivity index (χ1v) is 5.62. The summed E-state index contributed by atoms with van der Waals surface area (Å²) in [7, 11) is 3.36. The second-order valence-corrected chi connectivity index (χ2v) is 4.65. The molecule has 0 spiro atoms. The van der Waals surface area contributed by atoms with Gasteiger partial charge < -0.3 is 14.2 Å². The van der Waals surface area contributed by atoms with Crippen molar-refractivity contribution in [2.45, 2.75) is 20.8 Å². The minimum absolute atomic E-state index is 0.111. The highest BCUT2D eigenvalue weighted by Crippen LogP contribution is 2.39. The van der Waals surface area contributed by atoms with Crippen molar-refractivity contribution in [1.82, 2.24) is 0 Å². The topological polar surface area (TPSA) is 27.7 Å². The summed E-state index contributed by atoms with van der Waals surface area (Å²) in [6, 6.07) is 0. The van der Waals surface area contributed by atoms with Gasteiger partial charge in [-0.15, -0.1) is 0 Å². The number of rotatable bonds is 5. The van der Waals surface area contributed by atoms with Gasteiger partial charge in [0, 0.05) is 13.0 Å². The Labute approximate surface area is 98.1 Å². The third-order valence-electron chi connectivity index (χ3n) is 3.18. The highest BCUT2D eigenvalue weighted by molar-refractivity contribution is 5.27. The van der Waals surface area contributed by atoms with Crippen LogP contribution in [-0.4, -0.2) is 27.4 Å². The summed E-state index contributed by atoms with van der Waals surface area (Å²) in [5, 5.41) is 0. The normalized spacial score (nSPS) is 23.4. The highest BCUT2D eigenvalue weighted by atomic mass is 16.5. The molecule has 0 bridgehead atoms. The number of hydrogen-bond donors (Lipinski definition) is 0. The van der Waals surface area contributed by atoms with Crippen LogP contribution in [0.3, 0.4) is 0 Å². The predicted octanol–water partition coefficient (Wildman–Crippen LogP) is 2.74. The van der Waals surface area contributed by atoms with Gasteiger partial charge in [-0.05, 0) is 11.5 Å². The smallest absolute Gasteiger partial charge is 0.156 e. The standard InChI is InChI=1S/C13H22O3/c1-10-12(15-5)11(16-9-8-14-4)6-7-13(10,2)3/h6-7,10H,8-9H2,1-5H3. The molecule has 1 unspecified atom stereocenters. The molecule has 1 aliphatic rings. The lowest BCUT2D eigenvalue weighted by Crippen LogP contribution is -2.26. The molecule has 0 saturated heterocycles. The van der Waals surface area contributed by atoms with E-state index in [0.29, 0.717) is 19.1 Å². The lowest BCUT2D eigenvalue weighted by atomic mass is 9.75. The Kier molecular flexibility index (Phi) is 4.42. The van der Waals surface area contributed by atoms with Crippen LogP contribution in [0.15, 0.2) is 23.7 Å². The van der Waals surface area contributed by atoms with Gasteiger partial charge in [0.2, 0.25) is 0 Å². The monoisotopic (exact) mass is 226 g/mol. The van der Waals surface area contributed by atoms with Crippen LogP contribution in [0.1, 0.15) is 20.8 Å². The Balaban J connectivity index is 2.77. The summed E-state index contributed by atoms with van der Waals surface area (Å²) < 4.78 is 16.0. The molecule has 1 atom stereocenters. The first-order chi connectivity index (χ1) is 7.53. The molecule has 0 heterocycles. The van der Waals surface area contributed by atoms with E-state index in [0.717, 1.165) is 11.5 Å². The van der Waals surface area contributed by atoms with Gasteiger partial charge in [0.15, 0.2) is 5.76 Å². The van der Waals surface area contributed by atoms with Crippen molar-refractivity contribution < 1.29 is 14.2 Å². The zero-order chi connectivity index (χ0) is 12.2. The number of ether oxygens (including phenoxy) is 3. The van der Waals surface area contributed by atoms with Gasteiger partial charge in [-0.25, -0.2) is 0 Å². The molecule has 0 amide bonds. The molecule has 16 heavy (non-hydrogen) atoms. The van der Waals surface area contributed by atoms with Gasteiger partial charge in [0.25, 0.3) is 0 Å². The van der Waals surface area contributed by atoms with E-state index >= 15 is 0 Å². The first-order valence-electron chi connectivity index (χ1n) is 5.62. The number of allylic oxidation sites excluding steroid dienone is 3. The zero-order valence-electron chi connectivity index (χ0n) is 10.9. The van der Waals surface area contributed by atoms with Crippen molar-refractivity contribution in [3.05, 3.63) is 23.7 Å². The maximum atomic E-state index is 5.63. The van der Waals surface area contributed by atoms with E-state index in [1.807, 2.05) is 6.08 Å². The summed E-state index contributed by atoms with van der Waals surface area (Å²) in [6.07, 6.45) is 4.16.